The first-order valence-corrected chi connectivity index (χ1v) is 17.7. The molecular weight excluding hydrogens is 660 g/mol. The van der Waals surface area contributed by atoms with Crippen LogP contribution in [0.15, 0.2) is 54.7 Å². The number of carboxylic acids is 2. The Morgan fingerprint density at radius 2 is 1.65 bits per heavy atom. The number of nitrogens with zero attached hydrogens (tertiary/aromatic N) is 4. The highest BCUT2D eigenvalue weighted by Crippen LogP contribution is 2.40. The molecular formula is C36H48N6O9. The van der Waals surface area contributed by atoms with Crippen LogP contribution in [0.1, 0.15) is 50.5 Å². The second-order valence-corrected chi connectivity index (χ2v) is 13.3. The molecule has 1 aliphatic carbocycles. The number of pyridine rings is 1. The molecule has 51 heavy (non-hydrogen) atoms. The van der Waals surface area contributed by atoms with E-state index in [9.17, 15) is 34.2 Å². The van der Waals surface area contributed by atoms with Crippen molar-refractivity contribution >= 4 is 35.7 Å². The Morgan fingerprint density at radius 1 is 0.902 bits per heavy atom. The predicted molar refractivity (Wildman–Crippen MR) is 185 cm³/mol. The minimum Gasteiger partial charge on any atom is -0.480 e. The summed E-state index contributed by atoms with van der Waals surface area (Å²) in [6, 6.07) is 10.9. The number of likely N-dealkylation sites (tertiary alicyclic amines) is 1. The maximum absolute atomic E-state index is 13.4. The molecule has 3 fully saturated rings. The van der Waals surface area contributed by atoms with Crippen LogP contribution in [0.25, 0.3) is 0 Å². The van der Waals surface area contributed by atoms with Gasteiger partial charge in [0.1, 0.15) is 30.6 Å². The van der Waals surface area contributed by atoms with Gasteiger partial charge in [0.15, 0.2) is 0 Å². The number of rotatable bonds is 16. The van der Waals surface area contributed by atoms with Gasteiger partial charge < -0.3 is 40.1 Å². The van der Waals surface area contributed by atoms with Gasteiger partial charge in [-0.2, -0.15) is 0 Å². The Morgan fingerprint density at radius 3 is 2.35 bits per heavy atom. The molecule has 3 aliphatic rings. The maximum Gasteiger partial charge on any atom is 0.408 e. The molecule has 15 nitrogen and oxygen atoms in total. The van der Waals surface area contributed by atoms with E-state index < -0.39 is 48.0 Å². The van der Waals surface area contributed by atoms with E-state index in [1.54, 1.807) is 30.5 Å². The predicted octanol–water partition coefficient (Wildman–Crippen LogP) is 2.11. The molecule has 2 aromatic rings. The number of benzene rings is 1. The van der Waals surface area contributed by atoms with Crippen molar-refractivity contribution < 1.29 is 43.7 Å². The Kier molecular flexibility index (Phi) is 13.6. The average Bonchev–Trinajstić information content (AvgIpc) is 3.55. The molecule has 0 spiro atoms. The Labute approximate surface area is 297 Å². The number of alkyl carbamates (subject to hydrolysis) is 1. The van der Waals surface area contributed by atoms with E-state index in [1.165, 1.54) is 4.90 Å². The summed E-state index contributed by atoms with van der Waals surface area (Å²) in [7, 11) is 0. The lowest BCUT2D eigenvalue weighted by molar-refractivity contribution is -0.150. The van der Waals surface area contributed by atoms with E-state index in [0.29, 0.717) is 19.4 Å². The molecule has 5 atom stereocenters. The smallest absolute Gasteiger partial charge is 0.408 e. The first-order chi connectivity index (χ1) is 24.7. The number of aliphatic carboxylic acids is 2. The zero-order valence-electron chi connectivity index (χ0n) is 28.7. The third-order valence-electron chi connectivity index (χ3n) is 9.93. The van der Waals surface area contributed by atoms with Gasteiger partial charge in [-0.05, 0) is 49.3 Å². The minimum absolute atomic E-state index is 0.0398. The van der Waals surface area contributed by atoms with Crippen LogP contribution in [0.4, 0.5) is 10.6 Å². The first kappa shape index (κ1) is 37.5. The number of nitrogens with one attached hydrogen (secondary N) is 2. The maximum atomic E-state index is 13.4. The van der Waals surface area contributed by atoms with Gasteiger partial charge in [-0.15, -0.1) is 0 Å². The van der Waals surface area contributed by atoms with Crippen LogP contribution in [-0.4, -0.2) is 125 Å². The van der Waals surface area contributed by atoms with Crippen molar-refractivity contribution in [2.75, 3.05) is 50.8 Å². The number of anilines is 1. The van der Waals surface area contributed by atoms with Crippen LogP contribution in [0, 0.1) is 5.92 Å². The van der Waals surface area contributed by atoms with Crippen LogP contribution < -0.4 is 15.5 Å². The molecule has 0 radical (unpaired) electrons. The summed E-state index contributed by atoms with van der Waals surface area (Å²) >= 11 is 0. The quantitative estimate of drug-likeness (QED) is 0.186. The summed E-state index contributed by atoms with van der Waals surface area (Å²) in [6.45, 7) is 3.73. The Balaban J connectivity index is 1.14. The fraction of sp³-hybridized carbons (Fsp3) is 0.556. The van der Waals surface area contributed by atoms with Crippen molar-refractivity contribution in [3.05, 3.63) is 60.3 Å². The molecule has 2 aliphatic heterocycles. The van der Waals surface area contributed by atoms with E-state index >= 15 is 0 Å². The number of amides is 3. The van der Waals surface area contributed by atoms with Crippen LogP contribution in [0.3, 0.4) is 0 Å². The number of piperazine rings is 1. The second-order valence-electron chi connectivity index (χ2n) is 13.3. The van der Waals surface area contributed by atoms with E-state index in [2.05, 4.69) is 25.4 Å². The van der Waals surface area contributed by atoms with Gasteiger partial charge in [-0.1, -0.05) is 49.2 Å². The summed E-state index contributed by atoms with van der Waals surface area (Å²) in [5, 5.41) is 24.7. The molecule has 0 bridgehead atoms. The van der Waals surface area contributed by atoms with Crippen LogP contribution in [-0.2, 0) is 35.3 Å². The third-order valence-corrected chi connectivity index (χ3v) is 9.93. The standard InChI is InChI=1S/C36H48N6O9/c43-32(42-29-11-5-4-10-26(29)22-30(42)35(47)48)14-13-27(34(45)46)38-33(44)28(39-36(49)51-23-25-8-2-1-3-9-25)24-50-21-20-40-16-18-41(19-17-40)31-12-6-7-15-37-31/h1-3,6-9,12,15,26-30H,4-5,10-11,13-14,16-24H2,(H,38,44)(H,39,49)(H,45,46)(H,47,48). The van der Waals surface area contributed by atoms with Gasteiger partial charge in [-0.25, -0.2) is 19.4 Å². The summed E-state index contributed by atoms with van der Waals surface area (Å²) < 4.78 is 11.1. The van der Waals surface area contributed by atoms with Crippen LogP contribution >= 0.6 is 0 Å². The number of carboxylic acid groups (broad SMARTS) is 2. The number of aromatic nitrogens is 1. The summed E-state index contributed by atoms with van der Waals surface area (Å²) in [4.78, 5) is 74.0. The molecule has 15 heteroatoms. The summed E-state index contributed by atoms with van der Waals surface area (Å²) in [6.07, 6.45) is 4.23. The molecule has 3 heterocycles. The molecule has 1 aromatic heterocycles. The molecule has 1 saturated carbocycles. The number of carbonyl (C=O) groups is 5. The Bertz CT molecular complexity index is 1470. The monoisotopic (exact) mass is 708 g/mol. The van der Waals surface area contributed by atoms with Gasteiger partial charge in [0, 0.05) is 51.4 Å². The van der Waals surface area contributed by atoms with Crippen LogP contribution in [0.5, 0.6) is 0 Å². The first-order valence-electron chi connectivity index (χ1n) is 17.7. The number of hydrogen-bond donors (Lipinski definition) is 4. The highest BCUT2D eigenvalue weighted by atomic mass is 16.5. The topological polar surface area (TPSA) is 191 Å². The lowest BCUT2D eigenvalue weighted by Gasteiger charge is -2.35. The SMILES string of the molecule is O=C(NC(COCCN1CCN(c2ccccn2)CC1)C(=O)NC(CCC(=O)N1C(C(=O)O)CC2CCCCC21)C(=O)O)OCc1ccccc1. The van der Waals surface area contributed by atoms with Crippen molar-refractivity contribution in [1.29, 1.82) is 0 Å². The van der Waals surface area contributed by atoms with Gasteiger partial charge in [-0.3, -0.25) is 14.5 Å². The number of ether oxygens (including phenoxy) is 2. The highest BCUT2D eigenvalue weighted by Gasteiger charge is 2.47. The molecule has 5 rings (SSSR count). The van der Waals surface area contributed by atoms with Gasteiger partial charge in [0.25, 0.3) is 0 Å². The normalized spacial score (nSPS) is 21.6. The zero-order chi connectivity index (χ0) is 36.2. The molecule has 3 amide bonds. The molecule has 4 N–H and O–H groups in total. The lowest BCUT2D eigenvalue weighted by Crippen LogP contribution is -2.54. The molecule has 276 valence electrons. The average molecular weight is 709 g/mol. The number of hydrogen-bond acceptors (Lipinski definition) is 10. The van der Waals surface area contributed by atoms with Crippen molar-refractivity contribution in [2.24, 2.45) is 5.92 Å². The number of fused-ring (bicyclic) bond motifs is 1. The van der Waals surface area contributed by atoms with Crippen LogP contribution in [0.2, 0.25) is 0 Å². The van der Waals surface area contributed by atoms with Crippen molar-refractivity contribution in [3.8, 4) is 0 Å². The van der Waals surface area contributed by atoms with Gasteiger partial charge in [0.05, 0.1) is 13.2 Å². The van der Waals surface area contributed by atoms with Crippen molar-refractivity contribution in [3.63, 3.8) is 0 Å². The van der Waals surface area contributed by atoms with Gasteiger partial charge >= 0.3 is 18.0 Å². The Hall–Kier alpha value is -4.76. The minimum atomic E-state index is -1.46. The molecule has 5 unspecified atom stereocenters. The van der Waals surface area contributed by atoms with Crippen molar-refractivity contribution in [1.82, 2.24) is 25.4 Å². The summed E-state index contributed by atoms with van der Waals surface area (Å²) in [5.41, 5.74) is 0.742. The largest absolute Gasteiger partial charge is 0.480 e. The zero-order valence-corrected chi connectivity index (χ0v) is 28.7. The van der Waals surface area contributed by atoms with Crippen molar-refractivity contribution in [2.45, 2.75) is 75.7 Å². The lowest BCUT2D eigenvalue weighted by atomic mass is 9.84. The fourth-order valence-corrected chi connectivity index (χ4v) is 7.19. The van der Waals surface area contributed by atoms with E-state index in [4.69, 9.17) is 9.47 Å². The molecule has 1 aromatic carbocycles. The fourth-order valence-electron chi connectivity index (χ4n) is 7.19. The number of carbonyl (C=O) groups excluding carboxylic acids is 3. The van der Waals surface area contributed by atoms with E-state index in [0.717, 1.165) is 56.8 Å². The van der Waals surface area contributed by atoms with E-state index in [-0.39, 0.29) is 44.6 Å². The second kappa shape index (κ2) is 18.5. The van der Waals surface area contributed by atoms with Gasteiger partial charge in [0.2, 0.25) is 11.8 Å². The summed E-state index contributed by atoms with van der Waals surface area (Å²) in [5.74, 6) is -2.65. The third kappa shape index (κ3) is 10.6. The van der Waals surface area contributed by atoms with E-state index in [1.807, 2.05) is 24.3 Å². The highest BCUT2D eigenvalue weighted by molar-refractivity contribution is 5.90. The molecule has 2 saturated heterocycles.